The largest absolute Gasteiger partial charge is 0.481 e. The van der Waals surface area contributed by atoms with Gasteiger partial charge in [0.2, 0.25) is 0 Å². The van der Waals surface area contributed by atoms with Crippen LogP contribution in [0.5, 0.6) is 0 Å². The highest BCUT2D eigenvalue weighted by Crippen LogP contribution is 2.26. The van der Waals surface area contributed by atoms with Crippen LogP contribution < -0.4 is 5.32 Å². The van der Waals surface area contributed by atoms with Gasteiger partial charge >= 0.3 is 12.0 Å². The Morgan fingerprint density at radius 1 is 1.30 bits per heavy atom. The van der Waals surface area contributed by atoms with Gasteiger partial charge in [0.1, 0.15) is 0 Å². The van der Waals surface area contributed by atoms with Crippen LogP contribution in [0.1, 0.15) is 18.1 Å². The van der Waals surface area contributed by atoms with Gasteiger partial charge in [0.05, 0.1) is 5.92 Å². The lowest BCUT2D eigenvalue weighted by atomic mass is 9.87. The zero-order valence-electron chi connectivity index (χ0n) is 12.0. The molecule has 0 bridgehead atoms. The van der Waals surface area contributed by atoms with Gasteiger partial charge in [0.15, 0.2) is 0 Å². The Morgan fingerprint density at radius 2 is 1.85 bits per heavy atom. The molecule has 2 N–H and O–H groups in total. The van der Waals surface area contributed by atoms with Crippen LogP contribution in [0.4, 0.5) is 10.5 Å². The summed E-state index contributed by atoms with van der Waals surface area (Å²) in [6.07, 6.45) is 0. The molecule has 20 heavy (non-hydrogen) atoms. The third-order valence-corrected chi connectivity index (χ3v) is 4.01. The molecular weight excluding hydrogens is 256 g/mol. The number of aliphatic carboxylic acids is 1. The first-order chi connectivity index (χ1) is 9.40. The molecule has 0 saturated carbocycles. The van der Waals surface area contributed by atoms with E-state index in [2.05, 4.69) is 5.32 Å². The number of carboxylic acid groups (broad SMARTS) is 1. The number of nitrogens with one attached hydrogen (secondary N) is 1. The number of carbonyl (C=O) groups excluding carboxylic acids is 1. The van der Waals surface area contributed by atoms with Gasteiger partial charge in [-0.05, 0) is 25.0 Å². The van der Waals surface area contributed by atoms with Crippen molar-refractivity contribution in [3.63, 3.8) is 0 Å². The fraction of sp³-hybridized carbons (Fsp3) is 0.467. The summed E-state index contributed by atoms with van der Waals surface area (Å²) < 4.78 is 0. The highest BCUT2D eigenvalue weighted by Gasteiger charge is 2.37. The maximum atomic E-state index is 12.1. The minimum atomic E-state index is -0.801. The first kappa shape index (κ1) is 14.4. The molecule has 2 rings (SSSR count). The number of anilines is 1. The van der Waals surface area contributed by atoms with Crippen LogP contribution in [0.25, 0.3) is 0 Å². The summed E-state index contributed by atoms with van der Waals surface area (Å²) in [6, 6.07) is 5.70. The second-order valence-electron chi connectivity index (χ2n) is 5.49. The molecular formula is C15H20N2O3. The zero-order valence-corrected chi connectivity index (χ0v) is 12.0. The van der Waals surface area contributed by atoms with Crippen LogP contribution in [0.3, 0.4) is 0 Å². The number of aryl methyl sites for hydroxylation is 2. The molecule has 1 aromatic rings. The lowest BCUT2D eigenvalue weighted by Crippen LogP contribution is -2.54. The summed E-state index contributed by atoms with van der Waals surface area (Å²) in [6.45, 7) is 6.60. The van der Waals surface area contributed by atoms with Crippen LogP contribution in [0.15, 0.2) is 18.2 Å². The Hall–Kier alpha value is -2.04. The van der Waals surface area contributed by atoms with Gasteiger partial charge in [-0.15, -0.1) is 0 Å². The van der Waals surface area contributed by atoms with Crippen LogP contribution in [0.2, 0.25) is 0 Å². The minimum Gasteiger partial charge on any atom is -0.481 e. The number of hydrogen-bond donors (Lipinski definition) is 2. The Balaban J connectivity index is 1.94. The van der Waals surface area contributed by atoms with E-state index in [4.69, 9.17) is 5.11 Å². The van der Waals surface area contributed by atoms with Gasteiger partial charge < -0.3 is 15.3 Å². The second kappa shape index (κ2) is 5.53. The maximum absolute atomic E-state index is 12.1. The number of rotatable bonds is 3. The quantitative estimate of drug-likeness (QED) is 0.891. The van der Waals surface area contributed by atoms with Crippen molar-refractivity contribution in [2.24, 2.45) is 11.8 Å². The average molecular weight is 276 g/mol. The van der Waals surface area contributed by atoms with Gasteiger partial charge in [-0.3, -0.25) is 4.79 Å². The predicted molar refractivity (Wildman–Crippen MR) is 76.8 cm³/mol. The van der Waals surface area contributed by atoms with E-state index in [9.17, 15) is 9.59 Å². The highest BCUT2D eigenvalue weighted by atomic mass is 16.4. The van der Waals surface area contributed by atoms with Crippen molar-refractivity contribution in [3.8, 4) is 0 Å². The topological polar surface area (TPSA) is 69.6 Å². The second-order valence-corrected chi connectivity index (χ2v) is 5.49. The summed E-state index contributed by atoms with van der Waals surface area (Å²) in [5.74, 6) is -1.15. The Bertz CT molecular complexity index is 516. The van der Waals surface area contributed by atoms with Crippen molar-refractivity contribution in [1.29, 1.82) is 0 Å². The molecule has 1 aliphatic heterocycles. The van der Waals surface area contributed by atoms with Crippen LogP contribution >= 0.6 is 0 Å². The standard InChI is InChI=1S/C15H20N2O3/c1-9-5-4-6-10(2)13(9)16-15(20)17-7-12(8-17)11(3)14(18)19/h4-6,11-12H,7-8H2,1-3H3,(H,16,20)(H,18,19). The monoisotopic (exact) mass is 276 g/mol. The number of hydrogen-bond acceptors (Lipinski definition) is 2. The van der Waals surface area contributed by atoms with Gasteiger partial charge in [-0.1, -0.05) is 25.1 Å². The third-order valence-electron chi connectivity index (χ3n) is 4.01. The van der Waals surface area contributed by atoms with Gasteiger partial charge in [-0.25, -0.2) is 4.79 Å². The number of carboxylic acids is 1. The molecule has 108 valence electrons. The van der Waals surface area contributed by atoms with Gasteiger partial charge in [0, 0.05) is 24.7 Å². The summed E-state index contributed by atoms with van der Waals surface area (Å²) in [7, 11) is 0. The molecule has 0 spiro atoms. The van der Waals surface area contributed by atoms with Crippen LogP contribution in [-0.2, 0) is 4.79 Å². The SMILES string of the molecule is Cc1cccc(C)c1NC(=O)N1CC(C(C)C(=O)O)C1. The van der Waals surface area contributed by atoms with Crippen molar-refractivity contribution in [3.05, 3.63) is 29.3 Å². The van der Waals surface area contributed by atoms with Crippen molar-refractivity contribution >= 4 is 17.7 Å². The van der Waals surface area contributed by atoms with E-state index in [0.717, 1.165) is 16.8 Å². The predicted octanol–water partition coefficient (Wildman–Crippen LogP) is 2.49. The van der Waals surface area contributed by atoms with Gasteiger partial charge in [-0.2, -0.15) is 0 Å². The average Bonchev–Trinajstić information content (AvgIpc) is 2.32. The lowest BCUT2D eigenvalue weighted by molar-refractivity contribution is -0.144. The lowest BCUT2D eigenvalue weighted by Gasteiger charge is -2.41. The van der Waals surface area contributed by atoms with Crippen LogP contribution in [0, 0.1) is 25.7 Å². The van der Waals surface area contributed by atoms with Crippen LogP contribution in [-0.4, -0.2) is 35.1 Å². The fourth-order valence-electron chi connectivity index (χ4n) is 2.39. The van der Waals surface area contributed by atoms with Crippen molar-refractivity contribution in [2.45, 2.75) is 20.8 Å². The molecule has 0 aliphatic carbocycles. The number of amides is 2. The number of carbonyl (C=O) groups is 2. The molecule has 1 aromatic carbocycles. The van der Waals surface area contributed by atoms with E-state index in [1.807, 2.05) is 32.0 Å². The Labute approximate surface area is 118 Å². The van der Waals surface area contributed by atoms with Crippen molar-refractivity contribution in [2.75, 3.05) is 18.4 Å². The molecule has 1 aliphatic rings. The number of benzene rings is 1. The molecule has 1 unspecified atom stereocenters. The molecule has 1 atom stereocenters. The first-order valence-electron chi connectivity index (χ1n) is 6.75. The molecule has 2 amide bonds. The van der Waals surface area contributed by atoms with E-state index in [0.29, 0.717) is 13.1 Å². The fourth-order valence-corrected chi connectivity index (χ4v) is 2.39. The summed E-state index contributed by atoms with van der Waals surface area (Å²) in [4.78, 5) is 24.6. The van der Waals surface area contributed by atoms with E-state index in [1.54, 1.807) is 11.8 Å². The smallest absolute Gasteiger partial charge is 0.321 e. The van der Waals surface area contributed by atoms with E-state index < -0.39 is 11.9 Å². The zero-order chi connectivity index (χ0) is 14.9. The Kier molecular flexibility index (Phi) is 3.97. The third kappa shape index (κ3) is 2.76. The molecule has 5 nitrogen and oxygen atoms in total. The molecule has 1 heterocycles. The van der Waals surface area contributed by atoms with E-state index in [-0.39, 0.29) is 11.9 Å². The molecule has 0 radical (unpaired) electrons. The molecule has 0 aromatic heterocycles. The number of para-hydroxylation sites is 1. The summed E-state index contributed by atoms with van der Waals surface area (Å²) in [5.41, 5.74) is 2.89. The minimum absolute atomic E-state index is 0.0521. The number of likely N-dealkylation sites (tertiary alicyclic amines) is 1. The molecule has 5 heteroatoms. The Morgan fingerprint density at radius 3 is 2.35 bits per heavy atom. The summed E-state index contributed by atoms with van der Waals surface area (Å²) in [5, 5.41) is 11.8. The first-order valence-corrected chi connectivity index (χ1v) is 6.75. The normalized spacial score (nSPS) is 16.4. The highest BCUT2D eigenvalue weighted by molar-refractivity contribution is 5.91. The molecule has 1 saturated heterocycles. The maximum Gasteiger partial charge on any atom is 0.321 e. The van der Waals surface area contributed by atoms with Gasteiger partial charge in [0.25, 0.3) is 0 Å². The van der Waals surface area contributed by atoms with Crippen molar-refractivity contribution in [1.82, 2.24) is 4.90 Å². The van der Waals surface area contributed by atoms with E-state index in [1.165, 1.54) is 0 Å². The number of urea groups is 1. The molecule has 1 fully saturated rings. The van der Waals surface area contributed by atoms with Crippen molar-refractivity contribution < 1.29 is 14.7 Å². The van der Waals surface area contributed by atoms with E-state index >= 15 is 0 Å². The number of nitrogens with zero attached hydrogens (tertiary/aromatic N) is 1. The summed E-state index contributed by atoms with van der Waals surface area (Å²) >= 11 is 0.